The summed E-state index contributed by atoms with van der Waals surface area (Å²) in [5, 5.41) is 0. The third-order valence-electron chi connectivity index (χ3n) is 0.376. The van der Waals surface area contributed by atoms with Crippen LogP contribution < -0.4 is 5.73 Å². The Bertz CT molecular complexity index is 281. The summed E-state index contributed by atoms with van der Waals surface area (Å²) in [4.78, 5) is 0. The average Bonchev–Trinajstić information content (AvgIpc) is 1.54. The summed E-state index contributed by atoms with van der Waals surface area (Å²) in [6.45, 7) is -0.0289. The lowest BCUT2D eigenvalue weighted by atomic mass is 10.8. The third kappa shape index (κ3) is 52.8. The summed E-state index contributed by atoms with van der Waals surface area (Å²) in [5.74, 6) is -0.354. The molecule has 0 fully saturated rings. The molecule has 0 amide bonds. The van der Waals surface area contributed by atoms with Crippen molar-refractivity contribution in [1.29, 1.82) is 0 Å². The van der Waals surface area contributed by atoms with Crippen LogP contribution in [-0.4, -0.2) is 44.5 Å². The fourth-order valence-electron chi connectivity index (χ4n) is 0.149. The lowest BCUT2D eigenvalue weighted by molar-refractivity contribution is 0.482. The summed E-state index contributed by atoms with van der Waals surface area (Å²) in [7, 11) is -7.47. The van der Waals surface area contributed by atoms with Crippen LogP contribution in [0, 0.1) is 0 Å². The zero-order valence-corrected chi connectivity index (χ0v) is 7.97. The molecule has 0 rings (SSSR count). The normalized spacial score (nSPS) is 11.7. The number of hydrogen-bond donors (Lipinski definition) is 3. The highest BCUT2D eigenvalue weighted by atomic mass is 32.2. The molecule has 12 heavy (non-hydrogen) atoms. The van der Waals surface area contributed by atoms with Gasteiger partial charge in [0, 0.05) is 6.54 Å². The molecule has 0 atom stereocenters. The molecule has 7 nitrogen and oxygen atoms in total. The van der Waals surface area contributed by atoms with Crippen LogP contribution in [0.25, 0.3) is 0 Å². The Morgan fingerprint density at radius 1 is 1.17 bits per heavy atom. The maximum absolute atomic E-state index is 9.71. The summed E-state index contributed by atoms with van der Waals surface area (Å²) >= 11 is 0. The topological polar surface area (TPSA) is 135 Å². The second kappa shape index (κ2) is 5.43. The molecule has 9 heteroatoms. The Labute approximate surface area is 71.1 Å². The zero-order valence-electron chi connectivity index (χ0n) is 6.34. The lowest BCUT2D eigenvalue weighted by Gasteiger charge is -1.86. The first-order chi connectivity index (χ1) is 5.06. The van der Waals surface area contributed by atoms with E-state index in [0.29, 0.717) is 6.26 Å². The minimum atomic E-state index is -3.80. The third-order valence-corrected chi connectivity index (χ3v) is 1.13. The van der Waals surface area contributed by atoms with E-state index in [2.05, 4.69) is 0 Å². The molecule has 4 N–H and O–H groups in total. The molecule has 0 saturated carbocycles. The van der Waals surface area contributed by atoms with E-state index in [4.69, 9.17) is 14.8 Å². The van der Waals surface area contributed by atoms with Crippen LogP contribution in [-0.2, 0) is 20.2 Å². The molecule has 0 radical (unpaired) electrons. The Morgan fingerprint density at radius 2 is 1.42 bits per heavy atom. The molecule has 0 aromatic heterocycles. The van der Waals surface area contributed by atoms with Crippen LogP contribution in [0.1, 0.15) is 0 Å². The van der Waals surface area contributed by atoms with Crippen LogP contribution in [0.4, 0.5) is 0 Å². The SMILES string of the molecule is CS(=O)(=O)O.NCCS(=O)(=O)O. The van der Waals surface area contributed by atoms with Gasteiger partial charge in [-0.3, -0.25) is 9.11 Å². The van der Waals surface area contributed by atoms with Crippen LogP contribution in [0.5, 0.6) is 0 Å². The second-order valence-electron chi connectivity index (χ2n) is 1.81. The molecule has 0 aromatic carbocycles. The van der Waals surface area contributed by atoms with E-state index in [1.54, 1.807) is 0 Å². The van der Waals surface area contributed by atoms with Crippen molar-refractivity contribution in [2.45, 2.75) is 0 Å². The van der Waals surface area contributed by atoms with Gasteiger partial charge in [0.1, 0.15) is 0 Å². The minimum Gasteiger partial charge on any atom is -0.329 e. The Balaban J connectivity index is 0. The minimum absolute atomic E-state index is 0.0289. The van der Waals surface area contributed by atoms with E-state index in [1.165, 1.54) is 0 Å². The van der Waals surface area contributed by atoms with Crippen molar-refractivity contribution in [3.05, 3.63) is 0 Å². The number of hydrogen-bond acceptors (Lipinski definition) is 5. The van der Waals surface area contributed by atoms with Gasteiger partial charge in [-0.05, 0) is 0 Å². The smallest absolute Gasteiger partial charge is 0.266 e. The van der Waals surface area contributed by atoms with Crippen molar-refractivity contribution < 1.29 is 25.9 Å². The summed E-state index contributed by atoms with van der Waals surface area (Å²) in [6.07, 6.45) is 0.715. The summed E-state index contributed by atoms with van der Waals surface area (Å²) in [6, 6.07) is 0. The van der Waals surface area contributed by atoms with Crippen LogP contribution in [0.3, 0.4) is 0 Å². The van der Waals surface area contributed by atoms with E-state index in [-0.39, 0.29) is 12.3 Å². The van der Waals surface area contributed by atoms with E-state index >= 15 is 0 Å². The van der Waals surface area contributed by atoms with Crippen LogP contribution in [0.15, 0.2) is 0 Å². The molecule has 0 aliphatic carbocycles. The van der Waals surface area contributed by atoms with Gasteiger partial charge in [-0.25, -0.2) is 0 Å². The van der Waals surface area contributed by atoms with Crippen molar-refractivity contribution in [1.82, 2.24) is 0 Å². The van der Waals surface area contributed by atoms with Gasteiger partial charge in [-0.15, -0.1) is 0 Å². The van der Waals surface area contributed by atoms with E-state index < -0.39 is 20.2 Å². The highest BCUT2D eigenvalue weighted by Crippen LogP contribution is 1.74. The van der Waals surface area contributed by atoms with Crippen LogP contribution in [0.2, 0.25) is 0 Å². The first-order valence-corrected chi connectivity index (χ1v) is 6.09. The summed E-state index contributed by atoms with van der Waals surface area (Å²) in [5.41, 5.74) is 4.78. The fourth-order valence-corrected chi connectivity index (χ4v) is 0.447. The highest BCUT2D eigenvalue weighted by Gasteiger charge is 1.98. The molecule has 0 bridgehead atoms. The second-order valence-corrected chi connectivity index (χ2v) is 4.85. The van der Waals surface area contributed by atoms with Crippen molar-refractivity contribution in [2.24, 2.45) is 5.73 Å². The highest BCUT2D eigenvalue weighted by molar-refractivity contribution is 7.85. The lowest BCUT2D eigenvalue weighted by Crippen LogP contribution is -2.13. The first kappa shape index (κ1) is 14.3. The largest absolute Gasteiger partial charge is 0.329 e. The van der Waals surface area contributed by atoms with Gasteiger partial charge in [0.2, 0.25) is 0 Å². The molecular formula is C3H11NO6S2. The molecule has 0 aliphatic rings. The maximum atomic E-state index is 9.71. The van der Waals surface area contributed by atoms with Gasteiger partial charge in [-0.2, -0.15) is 16.8 Å². The van der Waals surface area contributed by atoms with Gasteiger partial charge >= 0.3 is 0 Å². The fraction of sp³-hybridized carbons (Fsp3) is 1.00. The average molecular weight is 221 g/mol. The first-order valence-electron chi connectivity index (χ1n) is 2.64. The van der Waals surface area contributed by atoms with Crippen molar-refractivity contribution >= 4 is 20.2 Å². The van der Waals surface area contributed by atoms with Crippen molar-refractivity contribution in [3.8, 4) is 0 Å². The monoisotopic (exact) mass is 221 g/mol. The maximum Gasteiger partial charge on any atom is 0.266 e. The molecule has 0 aliphatic heterocycles. The molecule has 0 unspecified atom stereocenters. The van der Waals surface area contributed by atoms with Gasteiger partial charge in [0.05, 0.1) is 12.0 Å². The Hall–Kier alpha value is -0.220. The molecule has 0 aromatic rings. The standard InChI is InChI=1S/C2H7NO3S.CH4O3S/c3-1-2-7(4,5)6;1-5(2,3)4/h1-3H2,(H,4,5,6);1H3,(H,2,3,4). The molecule has 0 spiro atoms. The van der Waals surface area contributed by atoms with Gasteiger partial charge in [-0.1, -0.05) is 0 Å². The van der Waals surface area contributed by atoms with Crippen LogP contribution >= 0.6 is 0 Å². The van der Waals surface area contributed by atoms with Crippen molar-refractivity contribution in [3.63, 3.8) is 0 Å². The number of rotatable bonds is 2. The van der Waals surface area contributed by atoms with E-state index in [9.17, 15) is 16.8 Å². The predicted molar refractivity (Wildman–Crippen MR) is 42.9 cm³/mol. The zero-order chi connectivity index (χ0) is 10.4. The molecule has 0 saturated heterocycles. The van der Waals surface area contributed by atoms with E-state index in [1.807, 2.05) is 0 Å². The van der Waals surface area contributed by atoms with Gasteiger partial charge in [0.15, 0.2) is 0 Å². The predicted octanol–water partition coefficient (Wildman–Crippen LogP) is -1.66. The van der Waals surface area contributed by atoms with E-state index in [0.717, 1.165) is 0 Å². The van der Waals surface area contributed by atoms with Gasteiger partial charge < -0.3 is 5.73 Å². The molecule has 0 heterocycles. The molecular weight excluding hydrogens is 210 g/mol. The molecule has 76 valence electrons. The summed E-state index contributed by atoms with van der Waals surface area (Å²) < 4.78 is 53.2. The Morgan fingerprint density at radius 3 is 1.42 bits per heavy atom. The number of nitrogens with two attached hydrogens (primary N) is 1. The van der Waals surface area contributed by atoms with Crippen molar-refractivity contribution in [2.75, 3.05) is 18.6 Å². The van der Waals surface area contributed by atoms with Gasteiger partial charge in [0.25, 0.3) is 20.2 Å². The quantitative estimate of drug-likeness (QED) is 0.475. The Kier molecular flexibility index (Phi) is 6.48.